The summed E-state index contributed by atoms with van der Waals surface area (Å²) in [5, 5.41) is 24.7. The van der Waals surface area contributed by atoms with Crippen molar-refractivity contribution in [2.75, 3.05) is 5.75 Å². The molecule has 9 nitrogen and oxygen atoms in total. The molecule has 1 N–H and O–H groups in total. The molecule has 1 amide bonds. The van der Waals surface area contributed by atoms with Crippen molar-refractivity contribution < 1.29 is 36.2 Å². The van der Waals surface area contributed by atoms with Crippen LogP contribution in [0.15, 0.2) is 16.3 Å². The van der Waals surface area contributed by atoms with Crippen LogP contribution in [-0.4, -0.2) is 63.9 Å². The van der Waals surface area contributed by atoms with Gasteiger partial charge in [0.25, 0.3) is 11.6 Å². The van der Waals surface area contributed by atoms with Gasteiger partial charge in [0, 0.05) is 25.7 Å². The predicted octanol–water partition coefficient (Wildman–Crippen LogP) is 2.67. The molecule has 2 aromatic heterocycles. The van der Waals surface area contributed by atoms with Gasteiger partial charge in [-0.15, -0.1) is 10.2 Å². The molecule has 32 heavy (non-hydrogen) atoms. The third-order valence-corrected chi connectivity index (χ3v) is 5.52. The second kappa shape index (κ2) is 8.06. The summed E-state index contributed by atoms with van der Waals surface area (Å²) in [6, 6.07) is 0.793. The molecule has 0 radical (unpaired) electrons. The Balaban J connectivity index is 1.82. The van der Waals surface area contributed by atoms with E-state index in [9.17, 15) is 36.2 Å². The van der Waals surface area contributed by atoms with Gasteiger partial charge in [0.1, 0.15) is 5.69 Å². The van der Waals surface area contributed by atoms with Gasteiger partial charge in [0.15, 0.2) is 16.7 Å². The number of aryl methyl sites for hydroxylation is 1. The van der Waals surface area contributed by atoms with Gasteiger partial charge in [-0.2, -0.15) is 41.6 Å². The first-order valence-electron chi connectivity index (χ1n) is 9.03. The van der Waals surface area contributed by atoms with Crippen LogP contribution in [0.2, 0.25) is 0 Å². The van der Waals surface area contributed by atoms with Gasteiger partial charge >= 0.3 is 12.4 Å². The number of carbonyl (C=O) groups is 1. The number of hydrogen-bond acceptors (Lipinski definition) is 7. The largest absolute Gasteiger partial charge is 0.438 e. The highest BCUT2D eigenvalue weighted by molar-refractivity contribution is 7.99. The fourth-order valence-corrected chi connectivity index (χ4v) is 3.92. The maximum atomic E-state index is 13.3. The van der Waals surface area contributed by atoms with E-state index in [1.807, 2.05) is 0 Å². The Hall–Kier alpha value is -2.62. The van der Waals surface area contributed by atoms with Crippen LogP contribution in [0.4, 0.5) is 26.3 Å². The van der Waals surface area contributed by atoms with E-state index in [0.717, 1.165) is 10.7 Å². The molecule has 3 heterocycles. The van der Waals surface area contributed by atoms with Crippen molar-refractivity contribution in [1.82, 2.24) is 29.6 Å². The first kappa shape index (κ1) is 24.0. The first-order valence-corrected chi connectivity index (χ1v) is 10.0. The number of hydrogen-bond donors (Lipinski definition) is 1. The van der Waals surface area contributed by atoms with Crippen LogP contribution in [0, 0.1) is 0 Å². The van der Waals surface area contributed by atoms with Crippen LogP contribution in [0.25, 0.3) is 11.5 Å². The maximum Gasteiger partial charge on any atom is 0.438 e. The average molecular weight is 485 g/mol. The molecule has 1 aliphatic heterocycles. The standard InChI is InChI=1S/C16H17F6N7O2S/c1-4-28-12(9-5-10(15(17,18)19)26-27(9)3)23-24-13(28)32-7-11(30)29-14(31,16(20,21)22)6-8(2)25-29/h5,31H,4,6-7H2,1-3H3/t14-/m0/s1. The lowest BCUT2D eigenvalue weighted by Crippen LogP contribution is -2.57. The van der Waals surface area contributed by atoms with E-state index in [1.54, 1.807) is 6.92 Å². The van der Waals surface area contributed by atoms with Crippen molar-refractivity contribution in [3.05, 3.63) is 11.8 Å². The van der Waals surface area contributed by atoms with Crippen molar-refractivity contribution in [3.8, 4) is 11.5 Å². The molecule has 0 unspecified atom stereocenters. The summed E-state index contributed by atoms with van der Waals surface area (Å²) < 4.78 is 81.0. The number of alkyl halides is 6. The summed E-state index contributed by atoms with van der Waals surface area (Å²) in [6.45, 7) is 3.09. The van der Waals surface area contributed by atoms with Gasteiger partial charge in [-0.05, 0) is 19.9 Å². The van der Waals surface area contributed by atoms with Crippen LogP contribution in [0.3, 0.4) is 0 Å². The third-order valence-electron chi connectivity index (χ3n) is 4.57. The van der Waals surface area contributed by atoms with E-state index in [1.165, 1.54) is 18.5 Å². The summed E-state index contributed by atoms with van der Waals surface area (Å²) in [6.07, 6.45) is -10.7. The van der Waals surface area contributed by atoms with Crippen LogP contribution in [-0.2, 0) is 24.6 Å². The second-order valence-electron chi connectivity index (χ2n) is 6.91. The molecule has 176 valence electrons. The fourth-order valence-electron chi connectivity index (χ4n) is 3.08. The normalized spacial score (nSPS) is 19.6. The lowest BCUT2D eigenvalue weighted by Gasteiger charge is -2.32. The van der Waals surface area contributed by atoms with E-state index < -0.39 is 41.9 Å². The molecular weight excluding hydrogens is 468 g/mol. The highest BCUT2D eigenvalue weighted by Gasteiger charge is 2.62. The van der Waals surface area contributed by atoms with E-state index in [0.29, 0.717) is 11.8 Å². The zero-order chi connectivity index (χ0) is 24.1. The summed E-state index contributed by atoms with van der Waals surface area (Å²) in [5.41, 5.74) is -4.63. The third kappa shape index (κ3) is 4.20. The summed E-state index contributed by atoms with van der Waals surface area (Å²) in [7, 11) is 1.29. The highest BCUT2D eigenvalue weighted by atomic mass is 32.2. The summed E-state index contributed by atoms with van der Waals surface area (Å²) >= 11 is 0.711. The molecule has 0 fully saturated rings. The number of rotatable bonds is 5. The number of thioether (sulfide) groups is 1. The van der Waals surface area contributed by atoms with Gasteiger partial charge in [0.05, 0.1) is 5.75 Å². The van der Waals surface area contributed by atoms with Crippen LogP contribution >= 0.6 is 11.8 Å². The Morgan fingerprint density at radius 2 is 1.91 bits per heavy atom. The maximum absolute atomic E-state index is 13.3. The lowest BCUT2D eigenvalue weighted by molar-refractivity contribution is -0.301. The number of nitrogens with zero attached hydrogens (tertiary/aromatic N) is 7. The van der Waals surface area contributed by atoms with Crippen molar-refractivity contribution >= 4 is 23.4 Å². The Morgan fingerprint density at radius 1 is 1.25 bits per heavy atom. The second-order valence-corrected chi connectivity index (χ2v) is 7.85. The first-order chi connectivity index (χ1) is 14.7. The Morgan fingerprint density at radius 3 is 2.44 bits per heavy atom. The smallest absolute Gasteiger partial charge is 0.362 e. The molecule has 1 aliphatic rings. The van der Waals surface area contributed by atoms with E-state index in [-0.39, 0.29) is 33.9 Å². The van der Waals surface area contributed by atoms with Crippen LogP contribution in [0.1, 0.15) is 26.0 Å². The number of aliphatic hydroxyl groups is 1. The molecule has 16 heteroatoms. The van der Waals surface area contributed by atoms with Crippen LogP contribution < -0.4 is 0 Å². The average Bonchev–Trinajstić information content (AvgIpc) is 3.33. The highest BCUT2D eigenvalue weighted by Crippen LogP contribution is 2.40. The zero-order valence-corrected chi connectivity index (χ0v) is 17.7. The molecule has 0 aliphatic carbocycles. The monoisotopic (exact) mass is 485 g/mol. The number of aromatic nitrogens is 5. The number of amides is 1. The molecule has 0 saturated heterocycles. The van der Waals surface area contributed by atoms with Gasteiger partial charge in [0.2, 0.25) is 0 Å². The molecular formula is C16H17F6N7O2S. The fraction of sp³-hybridized carbons (Fsp3) is 0.562. The minimum absolute atomic E-state index is 0.000374. The summed E-state index contributed by atoms with van der Waals surface area (Å²) in [4.78, 5) is 12.4. The zero-order valence-electron chi connectivity index (χ0n) is 16.9. The Bertz CT molecular complexity index is 1060. The van der Waals surface area contributed by atoms with Gasteiger partial charge < -0.3 is 9.67 Å². The number of carbonyl (C=O) groups excluding carboxylic acids is 1. The van der Waals surface area contributed by atoms with Crippen molar-refractivity contribution in [2.24, 2.45) is 12.1 Å². The Kier molecular flexibility index (Phi) is 6.05. The van der Waals surface area contributed by atoms with Gasteiger partial charge in [-0.1, -0.05) is 11.8 Å². The molecule has 2 aromatic rings. The van der Waals surface area contributed by atoms with E-state index in [4.69, 9.17) is 0 Å². The SMILES string of the molecule is CCn1c(SCC(=O)N2N=C(C)C[C@]2(O)C(F)(F)F)nnc1-c1cc(C(F)(F)F)nn1C. The van der Waals surface area contributed by atoms with Crippen molar-refractivity contribution in [1.29, 1.82) is 0 Å². The van der Waals surface area contributed by atoms with Crippen molar-refractivity contribution in [2.45, 2.75) is 50.0 Å². The molecule has 0 saturated carbocycles. The molecule has 1 atom stereocenters. The molecule has 0 bridgehead atoms. The minimum atomic E-state index is -5.12. The molecule has 0 aromatic carbocycles. The number of halogens is 6. The van der Waals surface area contributed by atoms with Crippen LogP contribution in [0.5, 0.6) is 0 Å². The van der Waals surface area contributed by atoms with Gasteiger partial charge in [-0.25, -0.2) is 0 Å². The van der Waals surface area contributed by atoms with E-state index in [2.05, 4.69) is 20.4 Å². The predicted molar refractivity (Wildman–Crippen MR) is 99.2 cm³/mol. The quantitative estimate of drug-likeness (QED) is 0.516. The Labute approximate surface area is 181 Å². The lowest BCUT2D eigenvalue weighted by atomic mass is 10.1. The van der Waals surface area contributed by atoms with Crippen molar-refractivity contribution in [3.63, 3.8) is 0 Å². The molecule has 3 rings (SSSR count). The topological polar surface area (TPSA) is 101 Å². The summed E-state index contributed by atoms with van der Waals surface area (Å²) in [5.74, 6) is -1.67. The van der Waals surface area contributed by atoms with Gasteiger partial charge in [-0.3, -0.25) is 9.48 Å². The number of hydrazone groups is 1. The minimum Gasteiger partial charge on any atom is -0.362 e. The molecule has 0 spiro atoms. The van der Waals surface area contributed by atoms with E-state index >= 15 is 0 Å².